The van der Waals surface area contributed by atoms with E-state index < -0.39 is 0 Å². The first kappa shape index (κ1) is 19.9. The monoisotopic (exact) mass is 456 g/mol. The summed E-state index contributed by atoms with van der Waals surface area (Å²) in [5, 5.41) is 6.99. The van der Waals surface area contributed by atoms with Gasteiger partial charge in [-0.2, -0.15) is 0 Å². The van der Waals surface area contributed by atoms with Crippen molar-refractivity contribution in [3.8, 4) is 11.3 Å². The van der Waals surface area contributed by atoms with Gasteiger partial charge in [0.1, 0.15) is 17.3 Å². The molecule has 7 nitrogen and oxygen atoms in total. The molecule has 1 aliphatic carbocycles. The fourth-order valence-corrected chi connectivity index (χ4v) is 5.37. The van der Waals surface area contributed by atoms with Crippen molar-refractivity contribution < 1.29 is 9.13 Å². The molecule has 0 amide bonds. The van der Waals surface area contributed by atoms with Gasteiger partial charge in [0.2, 0.25) is 0 Å². The molecule has 4 aromatic rings. The van der Waals surface area contributed by atoms with Gasteiger partial charge in [-0.15, -0.1) is 0 Å². The minimum Gasteiger partial charge on any atom is -0.377 e. The average Bonchev–Trinajstić information content (AvgIpc) is 3.26. The minimum atomic E-state index is -0.282. The van der Waals surface area contributed by atoms with Gasteiger partial charge in [0, 0.05) is 43.1 Å². The summed E-state index contributed by atoms with van der Waals surface area (Å²) >= 11 is 0. The van der Waals surface area contributed by atoms with Crippen molar-refractivity contribution in [3.63, 3.8) is 0 Å². The Morgan fingerprint density at radius 1 is 1.03 bits per heavy atom. The number of aromatic nitrogens is 3. The largest absolute Gasteiger partial charge is 0.377 e. The number of nitrogens with one attached hydrogen (secondary N) is 2. The lowest BCUT2D eigenvalue weighted by atomic mass is 9.99. The molecule has 1 spiro atoms. The van der Waals surface area contributed by atoms with E-state index in [9.17, 15) is 4.39 Å². The lowest BCUT2D eigenvalue weighted by molar-refractivity contribution is 0.0864. The molecule has 8 heteroatoms. The summed E-state index contributed by atoms with van der Waals surface area (Å²) in [6.07, 6.45) is 7.91. The highest BCUT2D eigenvalue weighted by Crippen LogP contribution is 2.45. The highest BCUT2D eigenvalue weighted by atomic mass is 19.1. The van der Waals surface area contributed by atoms with Crippen LogP contribution in [0.25, 0.3) is 16.9 Å². The quantitative estimate of drug-likeness (QED) is 0.479. The maximum absolute atomic E-state index is 13.6. The van der Waals surface area contributed by atoms with Crippen molar-refractivity contribution in [2.24, 2.45) is 0 Å². The molecule has 1 saturated heterocycles. The predicted octanol–water partition coefficient (Wildman–Crippen LogP) is 4.25. The molecule has 2 aliphatic heterocycles. The summed E-state index contributed by atoms with van der Waals surface area (Å²) in [6.45, 7) is 4.07. The maximum Gasteiger partial charge on any atom is 0.140 e. The molecule has 34 heavy (non-hydrogen) atoms. The molecule has 2 N–H and O–H groups in total. The van der Waals surface area contributed by atoms with E-state index in [1.54, 1.807) is 6.20 Å². The van der Waals surface area contributed by atoms with Crippen LogP contribution in [-0.2, 0) is 17.8 Å². The summed E-state index contributed by atoms with van der Waals surface area (Å²) in [5.41, 5.74) is 7.54. The average molecular weight is 457 g/mol. The molecule has 5 heterocycles. The zero-order chi connectivity index (χ0) is 22.7. The summed E-state index contributed by atoms with van der Waals surface area (Å²) in [4.78, 5) is 11.6. The number of fused-ring (bicyclic) bond motifs is 2. The van der Waals surface area contributed by atoms with Gasteiger partial charge in [0.25, 0.3) is 0 Å². The van der Waals surface area contributed by atoms with Crippen molar-refractivity contribution in [3.05, 3.63) is 71.9 Å². The maximum atomic E-state index is 13.6. The Morgan fingerprint density at radius 3 is 2.79 bits per heavy atom. The first-order chi connectivity index (χ1) is 16.7. The molecule has 0 unspecified atom stereocenters. The van der Waals surface area contributed by atoms with Crippen molar-refractivity contribution in [1.82, 2.24) is 19.7 Å². The Morgan fingerprint density at radius 2 is 1.94 bits per heavy atom. The zero-order valence-electron chi connectivity index (χ0n) is 18.7. The van der Waals surface area contributed by atoms with Gasteiger partial charge in [-0.1, -0.05) is 6.07 Å². The molecule has 0 radical (unpaired) electrons. The van der Waals surface area contributed by atoms with Crippen LogP contribution < -0.4 is 15.5 Å². The van der Waals surface area contributed by atoms with Crippen molar-refractivity contribution in [1.29, 1.82) is 0 Å². The van der Waals surface area contributed by atoms with E-state index in [1.165, 1.54) is 36.1 Å². The smallest absolute Gasteiger partial charge is 0.140 e. The van der Waals surface area contributed by atoms with E-state index in [0.29, 0.717) is 5.65 Å². The van der Waals surface area contributed by atoms with Crippen molar-refractivity contribution in [2.75, 3.05) is 30.0 Å². The normalized spacial score (nSPS) is 18.4. The highest BCUT2D eigenvalue weighted by molar-refractivity contribution is 5.76. The Balaban J connectivity index is 1.18. The zero-order valence-corrected chi connectivity index (χ0v) is 18.7. The standard InChI is InChI=1S/C26H25FN6O/c27-17-5-8-32-23(15-30-25(32)11-17)19-2-3-22(21-14-28-13-20(19)21)31-24-4-1-18(12-29-24)33-9-10-34-16-26(33)6-7-26/h1-5,8,11-12,15,28H,6-7,9-10,13-14,16H2,(H,29,31). The first-order valence-electron chi connectivity index (χ1n) is 11.8. The number of imidazole rings is 1. The molecule has 3 aliphatic rings. The molecule has 7 rings (SSSR count). The van der Waals surface area contributed by atoms with Crippen LogP contribution >= 0.6 is 0 Å². The van der Waals surface area contributed by atoms with E-state index >= 15 is 0 Å². The van der Waals surface area contributed by atoms with Gasteiger partial charge in [0.15, 0.2) is 0 Å². The van der Waals surface area contributed by atoms with E-state index in [4.69, 9.17) is 9.72 Å². The molecule has 0 bridgehead atoms. The lowest BCUT2D eigenvalue weighted by Gasteiger charge is -2.37. The number of hydrogen-bond acceptors (Lipinski definition) is 6. The van der Waals surface area contributed by atoms with Crippen LogP contribution in [0.1, 0.15) is 24.0 Å². The molecule has 3 aromatic heterocycles. The second kappa shape index (κ2) is 7.51. The number of morpholine rings is 1. The van der Waals surface area contributed by atoms with Crippen LogP contribution in [0.3, 0.4) is 0 Å². The van der Waals surface area contributed by atoms with Crippen LogP contribution in [-0.4, -0.2) is 39.7 Å². The number of halogens is 1. The van der Waals surface area contributed by atoms with Gasteiger partial charge in [-0.25, -0.2) is 14.4 Å². The Hall–Kier alpha value is -3.49. The third-order valence-corrected chi connectivity index (χ3v) is 7.34. The molecule has 1 saturated carbocycles. The van der Waals surface area contributed by atoms with Gasteiger partial charge in [0.05, 0.1) is 42.5 Å². The van der Waals surface area contributed by atoms with Crippen LogP contribution in [0.5, 0.6) is 0 Å². The van der Waals surface area contributed by atoms with Gasteiger partial charge < -0.3 is 20.3 Å². The van der Waals surface area contributed by atoms with Crippen LogP contribution in [0.2, 0.25) is 0 Å². The Kier molecular flexibility index (Phi) is 4.40. The fourth-order valence-electron chi connectivity index (χ4n) is 5.37. The second-order valence-electron chi connectivity index (χ2n) is 9.39. The predicted molar refractivity (Wildman–Crippen MR) is 129 cm³/mol. The van der Waals surface area contributed by atoms with Crippen molar-refractivity contribution >= 4 is 22.8 Å². The number of anilines is 3. The topological polar surface area (TPSA) is 66.7 Å². The minimum absolute atomic E-state index is 0.195. The summed E-state index contributed by atoms with van der Waals surface area (Å²) < 4.78 is 21.3. The molecular formula is C26H25FN6O. The molecule has 1 aromatic carbocycles. The number of nitrogens with zero attached hydrogens (tertiary/aromatic N) is 4. The number of hydrogen-bond donors (Lipinski definition) is 2. The summed E-state index contributed by atoms with van der Waals surface area (Å²) in [7, 11) is 0. The van der Waals surface area contributed by atoms with E-state index in [1.807, 2.05) is 16.8 Å². The first-order valence-corrected chi connectivity index (χ1v) is 11.8. The molecule has 0 atom stereocenters. The van der Waals surface area contributed by atoms with Gasteiger partial charge in [-0.3, -0.25) is 4.40 Å². The SMILES string of the molecule is Fc1ccn2c(-c3ccc(Nc4ccc(N5CCOCC56CC6)cn4)c4c3CNC4)cnc2c1. The van der Waals surface area contributed by atoms with Crippen LogP contribution in [0.4, 0.5) is 21.6 Å². The number of pyridine rings is 2. The fraction of sp³-hybridized carbons (Fsp3) is 0.308. The summed E-state index contributed by atoms with van der Waals surface area (Å²) in [6, 6.07) is 11.3. The Labute approximate surface area is 196 Å². The van der Waals surface area contributed by atoms with E-state index in [0.717, 1.165) is 61.3 Å². The van der Waals surface area contributed by atoms with Crippen LogP contribution in [0, 0.1) is 5.82 Å². The van der Waals surface area contributed by atoms with Crippen molar-refractivity contribution in [2.45, 2.75) is 31.5 Å². The second-order valence-corrected chi connectivity index (χ2v) is 9.39. The lowest BCUT2D eigenvalue weighted by Crippen LogP contribution is -2.47. The molecular weight excluding hydrogens is 431 g/mol. The number of rotatable bonds is 4. The molecule has 2 fully saturated rings. The number of ether oxygens (including phenoxy) is 1. The van der Waals surface area contributed by atoms with Crippen LogP contribution in [0.15, 0.2) is 55.0 Å². The van der Waals surface area contributed by atoms with E-state index in [2.05, 4.69) is 44.8 Å². The molecule has 172 valence electrons. The third-order valence-electron chi connectivity index (χ3n) is 7.34. The Bertz CT molecular complexity index is 1390. The van der Waals surface area contributed by atoms with E-state index in [-0.39, 0.29) is 11.4 Å². The van der Waals surface area contributed by atoms with Gasteiger partial charge >= 0.3 is 0 Å². The highest BCUT2D eigenvalue weighted by Gasteiger charge is 2.50. The van der Waals surface area contributed by atoms with Gasteiger partial charge in [-0.05, 0) is 48.2 Å². The third kappa shape index (κ3) is 3.17. The number of benzene rings is 1. The summed E-state index contributed by atoms with van der Waals surface area (Å²) in [5.74, 6) is 0.546.